The van der Waals surface area contributed by atoms with Crippen molar-refractivity contribution in [1.29, 1.82) is 0 Å². The average Bonchev–Trinajstić information content (AvgIpc) is 3.41. The molecule has 4 nitrogen and oxygen atoms in total. The van der Waals surface area contributed by atoms with Crippen molar-refractivity contribution in [2.45, 2.75) is 31.3 Å². The molecular weight excluding hydrogens is 326 g/mol. The normalized spacial score (nSPS) is 14.6. The molecular formula is C19H18F2N2O2. The summed E-state index contributed by atoms with van der Waals surface area (Å²) in [6.45, 7) is 0. The van der Waals surface area contributed by atoms with Gasteiger partial charge >= 0.3 is 0 Å². The summed E-state index contributed by atoms with van der Waals surface area (Å²) >= 11 is 0. The maximum Gasteiger partial charge on any atom is 0.252 e. The van der Waals surface area contributed by atoms with Gasteiger partial charge in [0.15, 0.2) is 11.6 Å². The Morgan fingerprint density at radius 3 is 2.40 bits per heavy atom. The zero-order valence-electron chi connectivity index (χ0n) is 13.5. The molecule has 0 bridgehead atoms. The predicted molar refractivity (Wildman–Crippen MR) is 88.9 cm³/mol. The van der Waals surface area contributed by atoms with E-state index in [1.165, 1.54) is 6.07 Å². The van der Waals surface area contributed by atoms with Crippen molar-refractivity contribution in [3.05, 3.63) is 71.3 Å². The third kappa shape index (κ3) is 4.62. The summed E-state index contributed by atoms with van der Waals surface area (Å²) in [7, 11) is 0. The molecule has 6 heteroatoms. The summed E-state index contributed by atoms with van der Waals surface area (Å²) in [6, 6.07) is 11.6. The van der Waals surface area contributed by atoms with Gasteiger partial charge in [0.2, 0.25) is 5.91 Å². The Hall–Kier alpha value is -2.76. The summed E-state index contributed by atoms with van der Waals surface area (Å²) in [5.41, 5.74) is 0.861. The number of hydrogen-bond acceptors (Lipinski definition) is 2. The number of amides is 2. The van der Waals surface area contributed by atoms with Crippen LogP contribution in [-0.4, -0.2) is 23.9 Å². The van der Waals surface area contributed by atoms with Gasteiger partial charge in [-0.2, -0.15) is 0 Å². The summed E-state index contributed by atoms with van der Waals surface area (Å²) < 4.78 is 26.3. The highest BCUT2D eigenvalue weighted by molar-refractivity contribution is 5.97. The van der Waals surface area contributed by atoms with E-state index in [1.54, 1.807) is 0 Å². The Kier molecular flexibility index (Phi) is 5.07. The van der Waals surface area contributed by atoms with Crippen LogP contribution < -0.4 is 10.6 Å². The SMILES string of the molecule is O=C(N[C@H](Cc1ccccc1)C(=O)NC1CC1)c1ccc(F)c(F)c1. The molecule has 0 spiro atoms. The van der Waals surface area contributed by atoms with Gasteiger partial charge in [-0.05, 0) is 36.6 Å². The van der Waals surface area contributed by atoms with E-state index in [1.807, 2.05) is 30.3 Å². The third-order valence-electron chi connectivity index (χ3n) is 4.01. The quantitative estimate of drug-likeness (QED) is 0.846. The van der Waals surface area contributed by atoms with Gasteiger partial charge in [-0.25, -0.2) is 8.78 Å². The van der Waals surface area contributed by atoms with Crippen molar-refractivity contribution in [3.8, 4) is 0 Å². The fourth-order valence-corrected chi connectivity index (χ4v) is 2.47. The molecule has 3 rings (SSSR count). The van der Waals surface area contributed by atoms with Crippen molar-refractivity contribution in [1.82, 2.24) is 10.6 Å². The highest BCUT2D eigenvalue weighted by Gasteiger charge is 2.28. The van der Waals surface area contributed by atoms with Crippen molar-refractivity contribution >= 4 is 11.8 Å². The third-order valence-corrected chi connectivity index (χ3v) is 4.01. The van der Waals surface area contributed by atoms with E-state index < -0.39 is 23.6 Å². The fraction of sp³-hybridized carbons (Fsp3) is 0.263. The van der Waals surface area contributed by atoms with Gasteiger partial charge in [-0.1, -0.05) is 30.3 Å². The molecule has 1 atom stereocenters. The van der Waals surface area contributed by atoms with Crippen LogP contribution in [0.1, 0.15) is 28.8 Å². The second-order valence-corrected chi connectivity index (χ2v) is 6.13. The van der Waals surface area contributed by atoms with Crippen molar-refractivity contribution in [3.63, 3.8) is 0 Å². The Bertz CT molecular complexity index is 776. The fourth-order valence-electron chi connectivity index (χ4n) is 2.47. The molecule has 0 radical (unpaired) electrons. The van der Waals surface area contributed by atoms with Crippen LogP contribution in [0.3, 0.4) is 0 Å². The second kappa shape index (κ2) is 7.42. The molecule has 2 amide bonds. The van der Waals surface area contributed by atoms with Gasteiger partial charge in [0.1, 0.15) is 6.04 Å². The molecule has 1 saturated carbocycles. The monoisotopic (exact) mass is 344 g/mol. The van der Waals surface area contributed by atoms with E-state index in [0.717, 1.165) is 30.5 Å². The first kappa shape index (κ1) is 17.1. The molecule has 2 aromatic carbocycles. The minimum Gasteiger partial charge on any atom is -0.352 e. The van der Waals surface area contributed by atoms with Crippen molar-refractivity contribution in [2.75, 3.05) is 0 Å². The second-order valence-electron chi connectivity index (χ2n) is 6.13. The molecule has 1 aliphatic rings. The predicted octanol–water partition coefficient (Wildman–Crippen LogP) is 2.58. The van der Waals surface area contributed by atoms with Crippen LogP contribution >= 0.6 is 0 Å². The van der Waals surface area contributed by atoms with Crippen LogP contribution in [0.2, 0.25) is 0 Å². The Morgan fingerprint density at radius 2 is 1.76 bits per heavy atom. The minimum atomic E-state index is -1.10. The van der Waals surface area contributed by atoms with E-state index in [9.17, 15) is 18.4 Å². The molecule has 25 heavy (non-hydrogen) atoms. The van der Waals surface area contributed by atoms with Gasteiger partial charge in [-0.15, -0.1) is 0 Å². The summed E-state index contributed by atoms with van der Waals surface area (Å²) in [4.78, 5) is 24.8. The maximum absolute atomic E-state index is 13.3. The molecule has 1 fully saturated rings. The van der Waals surface area contributed by atoms with Crippen LogP contribution in [-0.2, 0) is 11.2 Å². The molecule has 0 aliphatic heterocycles. The molecule has 0 heterocycles. The standard InChI is InChI=1S/C19H18F2N2O2/c20-15-9-6-13(11-16(15)21)18(24)23-17(19(25)22-14-7-8-14)10-12-4-2-1-3-5-12/h1-6,9,11,14,17H,7-8,10H2,(H,22,25)(H,23,24)/t17-/m1/s1. The molecule has 130 valence electrons. The molecule has 0 unspecified atom stereocenters. The number of carbonyl (C=O) groups is 2. The highest BCUT2D eigenvalue weighted by Crippen LogP contribution is 2.19. The number of nitrogens with one attached hydrogen (secondary N) is 2. The van der Waals surface area contributed by atoms with Crippen molar-refractivity contribution in [2.24, 2.45) is 0 Å². The first-order chi connectivity index (χ1) is 12.0. The largest absolute Gasteiger partial charge is 0.352 e. The first-order valence-corrected chi connectivity index (χ1v) is 8.13. The topological polar surface area (TPSA) is 58.2 Å². The van der Waals surface area contributed by atoms with Gasteiger partial charge in [0.25, 0.3) is 5.91 Å². The lowest BCUT2D eigenvalue weighted by atomic mass is 10.0. The van der Waals surface area contributed by atoms with Gasteiger partial charge in [-0.3, -0.25) is 9.59 Å². The average molecular weight is 344 g/mol. The zero-order chi connectivity index (χ0) is 17.8. The van der Waals surface area contributed by atoms with Crippen LogP contribution in [0.4, 0.5) is 8.78 Å². The molecule has 2 aromatic rings. The Balaban J connectivity index is 1.74. The number of rotatable bonds is 6. The lowest BCUT2D eigenvalue weighted by Gasteiger charge is -2.18. The number of carbonyl (C=O) groups excluding carboxylic acids is 2. The lowest BCUT2D eigenvalue weighted by molar-refractivity contribution is -0.123. The van der Waals surface area contributed by atoms with Gasteiger partial charge in [0, 0.05) is 18.0 Å². The lowest BCUT2D eigenvalue weighted by Crippen LogP contribution is -2.48. The Labute approximate surface area is 144 Å². The number of halogens is 2. The number of benzene rings is 2. The van der Waals surface area contributed by atoms with Gasteiger partial charge in [0.05, 0.1) is 0 Å². The molecule has 0 saturated heterocycles. The highest BCUT2D eigenvalue weighted by atomic mass is 19.2. The molecule has 2 N–H and O–H groups in total. The maximum atomic E-state index is 13.3. The summed E-state index contributed by atoms with van der Waals surface area (Å²) in [5, 5.41) is 5.49. The van der Waals surface area contributed by atoms with Crippen LogP contribution in [0.15, 0.2) is 48.5 Å². The summed E-state index contributed by atoms with van der Waals surface area (Å²) in [5.74, 6) is -3.02. The van der Waals surface area contributed by atoms with E-state index in [2.05, 4.69) is 10.6 Å². The van der Waals surface area contributed by atoms with Crippen LogP contribution in [0.5, 0.6) is 0 Å². The van der Waals surface area contributed by atoms with Crippen molar-refractivity contribution < 1.29 is 18.4 Å². The number of hydrogen-bond donors (Lipinski definition) is 2. The van der Waals surface area contributed by atoms with E-state index in [0.29, 0.717) is 6.42 Å². The van der Waals surface area contributed by atoms with E-state index >= 15 is 0 Å². The minimum absolute atomic E-state index is 0.0313. The molecule has 1 aliphatic carbocycles. The smallest absolute Gasteiger partial charge is 0.252 e. The van der Waals surface area contributed by atoms with Crippen LogP contribution in [0, 0.1) is 11.6 Å². The molecule has 0 aromatic heterocycles. The zero-order valence-corrected chi connectivity index (χ0v) is 13.5. The summed E-state index contributed by atoms with van der Waals surface area (Å²) in [6.07, 6.45) is 2.18. The van der Waals surface area contributed by atoms with E-state index in [-0.39, 0.29) is 17.5 Å². The van der Waals surface area contributed by atoms with Gasteiger partial charge < -0.3 is 10.6 Å². The first-order valence-electron chi connectivity index (χ1n) is 8.13. The Morgan fingerprint density at radius 1 is 1.04 bits per heavy atom. The van der Waals surface area contributed by atoms with E-state index in [4.69, 9.17) is 0 Å². The van der Waals surface area contributed by atoms with Crippen LogP contribution in [0.25, 0.3) is 0 Å².